The first-order chi connectivity index (χ1) is 5.29. The summed E-state index contributed by atoms with van der Waals surface area (Å²) in [4.78, 5) is 0. The fraction of sp³-hybridized carbons (Fsp3) is 0.667. The molecule has 1 aliphatic carbocycles. The summed E-state index contributed by atoms with van der Waals surface area (Å²) in [6.07, 6.45) is 4.07. The van der Waals surface area contributed by atoms with Gasteiger partial charge < -0.3 is 0 Å². The number of hydrogen-bond donors (Lipinski definition) is 0. The third-order valence-corrected chi connectivity index (χ3v) is 2.64. The predicted octanol–water partition coefficient (Wildman–Crippen LogP) is 2.05. The van der Waals surface area contributed by atoms with E-state index in [1.165, 1.54) is 24.8 Å². The Morgan fingerprint density at radius 2 is 2.00 bits per heavy atom. The Balaban J connectivity index is 2.21. The molecule has 1 radical (unpaired) electrons. The maximum Gasteiger partial charge on any atom is 0.0653 e. The van der Waals surface area contributed by atoms with Crippen LogP contribution >= 0.6 is 0 Å². The fourth-order valence-electron chi connectivity index (χ4n) is 1.81. The first-order valence-corrected chi connectivity index (χ1v) is 4.25. The SMILES string of the molecule is CC1=N[N]C(C)=C1C1CCC1. The van der Waals surface area contributed by atoms with Gasteiger partial charge in [-0.1, -0.05) is 6.42 Å². The van der Waals surface area contributed by atoms with Crippen LogP contribution in [0, 0.1) is 5.92 Å². The minimum atomic E-state index is 0.782. The van der Waals surface area contributed by atoms with E-state index >= 15 is 0 Å². The van der Waals surface area contributed by atoms with Crippen molar-refractivity contribution in [2.24, 2.45) is 11.0 Å². The molecule has 0 aromatic heterocycles. The molecule has 0 amide bonds. The zero-order valence-corrected chi connectivity index (χ0v) is 7.09. The predicted molar refractivity (Wildman–Crippen MR) is 45.3 cm³/mol. The summed E-state index contributed by atoms with van der Waals surface area (Å²) in [5.74, 6) is 0.782. The van der Waals surface area contributed by atoms with Crippen LogP contribution in [0.25, 0.3) is 0 Å². The molecule has 2 nitrogen and oxygen atoms in total. The Hall–Kier alpha value is -0.790. The molecule has 1 heterocycles. The molecular formula is C9H13N2. The van der Waals surface area contributed by atoms with E-state index in [9.17, 15) is 0 Å². The molecule has 0 bridgehead atoms. The van der Waals surface area contributed by atoms with E-state index in [1.54, 1.807) is 0 Å². The third-order valence-electron chi connectivity index (χ3n) is 2.64. The summed E-state index contributed by atoms with van der Waals surface area (Å²) in [5.41, 5.74) is 7.79. The molecule has 0 spiro atoms. The van der Waals surface area contributed by atoms with Crippen molar-refractivity contribution in [1.29, 1.82) is 0 Å². The van der Waals surface area contributed by atoms with Gasteiger partial charge in [0.2, 0.25) is 0 Å². The van der Waals surface area contributed by atoms with E-state index in [0.717, 1.165) is 17.3 Å². The van der Waals surface area contributed by atoms with Crippen molar-refractivity contribution in [1.82, 2.24) is 5.43 Å². The smallest absolute Gasteiger partial charge is 0.0653 e. The monoisotopic (exact) mass is 149 g/mol. The van der Waals surface area contributed by atoms with Gasteiger partial charge in [0.25, 0.3) is 0 Å². The summed E-state index contributed by atoms with van der Waals surface area (Å²) in [5, 5.41) is 4.07. The number of rotatable bonds is 1. The number of allylic oxidation sites excluding steroid dienone is 2. The van der Waals surface area contributed by atoms with Crippen LogP contribution < -0.4 is 5.43 Å². The molecule has 2 rings (SSSR count). The molecule has 2 aliphatic rings. The van der Waals surface area contributed by atoms with Crippen LogP contribution in [0.2, 0.25) is 0 Å². The second-order valence-electron chi connectivity index (χ2n) is 3.41. The molecule has 11 heavy (non-hydrogen) atoms. The van der Waals surface area contributed by atoms with Gasteiger partial charge in [-0.3, -0.25) is 0 Å². The molecule has 1 fully saturated rings. The lowest BCUT2D eigenvalue weighted by molar-refractivity contribution is 0.376. The highest BCUT2D eigenvalue weighted by molar-refractivity contribution is 6.00. The molecule has 0 aromatic carbocycles. The standard InChI is InChI=1S/C9H13N2/c1-6-9(7(2)11-10-6)8-4-3-5-8/h8H,3-5H2,1-2H3. The zero-order valence-electron chi connectivity index (χ0n) is 7.09. The molecule has 0 unspecified atom stereocenters. The van der Waals surface area contributed by atoms with Crippen molar-refractivity contribution < 1.29 is 0 Å². The van der Waals surface area contributed by atoms with Gasteiger partial charge in [0, 0.05) is 5.57 Å². The number of nitrogens with zero attached hydrogens (tertiary/aromatic N) is 2. The van der Waals surface area contributed by atoms with Crippen LogP contribution in [-0.2, 0) is 0 Å². The average Bonchev–Trinajstić information content (AvgIpc) is 2.15. The van der Waals surface area contributed by atoms with Crippen LogP contribution in [0.1, 0.15) is 33.1 Å². The highest BCUT2D eigenvalue weighted by atomic mass is 15.3. The van der Waals surface area contributed by atoms with Crippen LogP contribution in [-0.4, -0.2) is 5.71 Å². The number of hydrogen-bond acceptors (Lipinski definition) is 1. The molecule has 0 atom stereocenters. The van der Waals surface area contributed by atoms with E-state index in [-0.39, 0.29) is 0 Å². The van der Waals surface area contributed by atoms with Crippen molar-refractivity contribution in [2.45, 2.75) is 33.1 Å². The van der Waals surface area contributed by atoms with Crippen LogP contribution in [0.4, 0.5) is 0 Å². The quantitative estimate of drug-likeness (QED) is 0.545. The molecule has 1 aliphatic heterocycles. The van der Waals surface area contributed by atoms with Gasteiger partial charge >= 0.3 is 0 Å². The van der Waals surface area contributed by atoms with E-state index < -0.39 is 0 Å². The average molecular weight is 149 g/mol. The van der Waals surface area contributed by atoms with Crippen molar-refractivity contribution in [3.8, 4) is 0 Å². The van der Waals surface area contributed by atoms with Gasteiger partial charge in [0.15, 0.2) is 0 Å². The van der Waals surface area contributed by atoms with Crippen LogP contribution in [0.3, 0.4) is 0 Å². The summed E-state index contributed by atoms with van der Waals surface area (Å²) in [7, 11) is 0. The van der Waals surface area contributed by atoms with Gasteiger partial charge in [0.05, 0.1) is 11.4 Å². The van der Waals surface area contributed by atoms with E-state index in [2.05, 4.69) is 24.4 Å². The minimum Gasteiger partial charge on any atom is -0.155 e. The highest BCUT2D eigenvalue weighted by Gasteiger charge is 2.28. The molecule has 0 saturated heterocycles. The minimum absolute atomic E-state index is 0.782. The Bertz CT molecular complexity index is 234. The molecule has 2 heteroatoms. The van der Waals surface area contributed by atoms with Crippen molar-refractivity contribution in [2.75, 3.05) is 0 Å². The lowest BCUT2D eigenvalue weighted by Gasteiger charge is -2.26. The van der Waals surface area contributed by atoms with Crippen LogP contribution in [0.15, 0.2) is 16.4 Å². The van der Waals surface area contributed by atoms with Gasteiger partial charge in [-0.15, -0.1) is 0 Å². The maximum atomic E-state index is 4.07. The summed E-state index contributed by atoms with van der Waals surface area (Å²) >= 11 is 0. The Morgan fingerprint density at radius 3 is 2.36 bits per heavy atom. The van der Waals surface area contributed by atoms with E-state index in [4.69, 9.17) is 0 Å². The summed E-state index contributed by atoms with van der Waals surface area (Å²) in [6.45, 7) is 4.13. The fourth-order valence-corrected chi connectivity index (χ4v) is 1.81. The summed E-state index contributed by atoms with van der Waals surface area (Å²) in [6, 6.07) is 0. The van der Waals surface area contributed by atoms with Crippen LogP contribution in [0.5, 0.6) is 0 Å². The Morgan fingerprint density at radius 1 is 1.27 bits per heavy atom. The third kappa shape index (κ3) is 0.971. The lowest BCUT2D eigenvalue weighted by atomic mass is 9.77. The van der Waals surface area contributed by atoms with Crippen molar-refractivity contribution in [3.63, 3.8) is 0 Å². The first-order valence-electron chi connectivity index (χ1n) is 4.25. The van der Waals surface area contributed by atoms with Gasteiger partial charge in [-0.2, -0.15) is 10.5 Å². The molecule has 0 aromatic rings. The van der Waals surface area contributed by atoms with E-state index in [1.807, 2.05) is 0 Å². The first kappa shape index (κ1) is 6.89. The van der Waals surface area contributed by atoms with Gasteiger partial charge in [0.1, 0.15) is 0 Å². The van der Waals surface area contributed by atoms with Crippen molar-refractivity contribution in [3.05, 3.63) is 11.3 Å². The van der Waals surface area contributed by atoms with Gasteiger partial charge in [-0.25, -0.2) is 0 Å². The normalized spacial score (nSPS) is 24.7. The second-order valence-corrected chi connectivity index (χ2v) is 3.41. The molecular weight excluding hydrogens is 136 g/mol. The van der Waals surface area contributed by atoms with E-state index in [0.29, 0.717) is 0 Å². The molecule has 0 N–H and O–H groups in total. The lowest BCUT2D eigenvalue weighted by Crippen LogP contribution is -2.17. The highest BCUT2D eigenvalue weighted by Crippen LogP contribution is 2.36. The zero-order chi connectivity index (χ0) is 7.84. The summed E-state index contributed by atoms with van der Waals surface area (Å²) < 4.78 is 0. The Kier molecular flexibility index (Phi) is 1.48. The molecule has 1 saturated carbocycles. The van der Waals surface area contributed by atoms with Gasteiger partial charge in [-0.05, 0) is 32.6 Å². The topological polar surface area (TPSA) is 26.5 Å². The Labute approximate surface area is 67.4 Å². The maximum absolute atomic E-state index is 4.07. The second kappa shape index (κ2) is 2.36. The largest absolute Gasteiger partial charge is 0.155 e. The molecule has 59 valence electrons. The van der Waals surface area contributed by atoms with Crippen molar-refractivity contribution >= 4 is 5.71 Å².